The van der Waals surface area contributed by atoms with Gasteiger partial charge in [0.05, 0.1) is 24.5 Å². The fourth-order valence-corrected chi connectivity index (χ4v) is 1.28. The van der Waals surface area contributed by atoms with E-state index in [1.54, 1.807) is 18.9 Å². The standard InChI is InChI=1S/C10H13N3O/c1-8-10(13-7-12-8)5-11-4-9-2-3-14-6-9/h2-3,6-7,11H,4-5H2,1H3,(H,12,13). The summed E-state index contributed by atoms with van der Waals surface area (Å²) in [6, 6.07) is 1.95. The molecule has 2 heterocycles. The molecule has 74 valence electrons. The van der Waals surface area contributed by atoms with Gasteiger partial charge in [0.25, 0.3) is 0 Å². The number of nitrogens with one attached hydrogen (secondary N) is 2. The topological polar surface area (TPSA) is 53.9 Å². The van der Waals surface area contributed by atoms with Crippen LogP contribution in [0.25, 0.3) is 0 Å². The Kier molecular flexibility index (Phi) is 2.65. The molecule has 14 heavy (non-hydrogen) atoms. The van der Waals surface area contributed by atoms with Crippen LogP contribution in [0, 0.1) is 6.92 Å². The van der Waals surface area contributed by atoms with Crippen LogP contribution in [0.3, 0.4) is 0 Å². The fraction of sp³-hybridized carbons (Fsp3) is 0.300. The van der Waals surface area contributed by atoms with Crippen LogP contribution in [0.1, 0.15) is 17.0 Å². The summed E-state index contributed by atoms with van der Waals surface area (Å²) in [5.41, 5.74) is 3.33. The van der Waals surface area contributed by atoms with E-state index in [2.05, 4.69) is 15.3 Å². The number of rotatable bonds is 4. The van der Waals surface area contributed by atoms with Gasteiger partial charge in [-0.15, -0.1) is 0 Å². The summed E-state index contributed by atoms with van der Waals surface area (Å²) in [4.78, 5) is 7.24. The number of furan rings is 1. The molecule has 0 bridgehead atoms. The van der Waals surface area contributed by atoms with Crippen molar-refractivity contribution in [1.29, 1.82) is 0 Å². The molecule has 0 fully saturated rings. The molecule has 2 rings (SSSR count). The molecular weight excluding hydrogens is 178 g/mol. The highest BCUT2D eigenvalue weighted by molar-refractivity contribution is 5.09. The van der Waals surface area contributed by atoms with Crippen LogP contribution in [-0.4, -0.2) is 9.97 Å². The van der Waals surface area contributed by atoms with Crippen molar-refractivity contribution in [3.63, 3.8) is 0 Å². The van der Waals surface area contributed by atoms with Gasteiger partial charge in [-0.25, -0.2) is 4.98 Å². The Labute approximate surface area is 82.4 Å². The van der Waals surface area contributed by atoms with Crippen molar-refractivity contribution in [2.45, 2.75) is 20.0 Å². The van der Waals surface area contributed by atoms with Gasteiger partial charge in [-0.3, -0.25) is 0 Å². The molecule has 0 atom stereocenters. The Balaban J connectivity index is 1.81. The Morgan fingerprint density at radius 3 is 3.07 bits per heavy atom. The maximum atomic E-state index is 4.96. The van der Waals surface area contributed by atoms with Crippen LogP contribution >= 0.6 is 0 Å². The van der Waals surface area contributed by atoms with Crippen molar-refractivity contribution in [2.24, 2.45) is 0 Å². The lowest BCUT2D eigenvalue weighted by molar-refractivity contribution is 0.560. The van der Waals surface area contributed by atoms with Gasteiger partial charge >= 0.3 is 0 Å². The normalized spacial score (nSPS) is 10.6. The van der Waals surface area contributed by atoms with Crippen molar-refractivity contribution in [3.05, 3.63) is 41.9 Å². The number of aromatic amines is 1. The Bertz CT molecular complexity index is 378. The lowest BCUT2D eigenvalue weighted by Crippen LogP contribution is -2.13. The smallest absolute Gasteiger partial charge is 0.0947 e. The zero-order valence-electron chi connectivity index (χ0n) is 8.08. The lowest BCUT2D eigenvalue weighted by Gasteiger charge is -2.00. The van der Waals surface area contributed by atoms with Crippen LogP contribution < -0.4 is 5.32 Å². The van der Waals surface area contributed by atoms with Crippen molar-refractivity contribution in [3.8, 4) is 0 Å². The van der Waals surface area contributed by atoms with Crippen molar-refractivity contribution in [2.75, 3.05) is 0 Å². The van der Waals surface area contributed by atoms with Crippen molar-refractivity contribution < 1.29 is 4.42 Å². The van der Waals surface area contributed by atoms with E-state index in [1.807, 2.05) is 13.0 Å². The van der Waals surface area contributed by atoms with Gasteiger partial charge in [0.1, 0.15) is 0 Å². The lowest BCUT2D eigenvalue weighted by atomic mass is 10.3. The van der Waals surface area contributed by atoms with Gasteiger partial charge in [-0.05, 0) is 13.0 Å². The summed E-state index contributed by atoms with van der Waals surface area (Å²) >= 11 is 0. The van der Waals surface area contributed by atoms with Gasteiger partial charge in [-0.1, -0.05) is 0 Å². The van der Waals surface area contributed by atoms with Crippen LogP contribution in [0.2, 0.25) is 0 Å². The average Bonchev–Trinajstić information content (AvgIpc) is 2.78. The zero-order valence-corrected chi connectivity index (χ0v) is 8.08. The highest BCUT2D eigenvalue weighted by atomic mass is 16.3. The average molecular weight is 191 g/mol. The molecule has 2 aromatic heterocycles. The summed E-state index contributed by atoms with van der Waals surface area (Å²) < 4.78 is 4.96. The minimum atomic E-state index is 0.778. The predicted octanol–water partition coefficient (Wildman–Crippen LogP) is 1.60. The Morgan fingerprint density at radius 1 is 1.50 bits per heavy atom. The first-order valence-corrected chi connectivity index (χ1v) is 4.57. The number of hydrogen-bond acceptors (Lipinski definition) is 3. The molecule has 0 amide bonds. The van der Waals surface area contributed by atoms with E-state index in [-0.39, 0.29) is 0 Å². The highest BCUT2D eigenvalue weighted by Gasteiger charge is 2.00. The number of H-pyrrole nitrogens is 1. The first kappa shape index (κ1) is 9.02. The van der Waals surface area contributed by atoms with E-state index < -0.39 is 0 Å². The third-order valence-electron chi connectivity index (χ3n) is 2.14. The van der Waals surface area contributed by atoms with Gasteiger partial charge in [-0.2, -0.15) is 0 Å². The molecule has 4 heteroatoms. The first-order valence-electron chi connectivity index (χ1n) is 4.57. The second-order valence-corrected chi connectivity index (χ2v) is 3.21. The molecule has 0 aliphatic carbocycles. The van der Waals surface area contributed by atoms with Crippen molar-refractivity contribution in [1.82, 2.24) is 15.3 Å². The van der Waals surface area contributed by atoms with Crippen molar-refractivity contribution >= 4 is 0 Å². The number of nitrogens with zero attached hydrogens (tertiary/aromatic N) is 1. The van der Waals surface area contributed by atoms with Gasteiger partial charge in [0.15, 0.2) is 0 Å². The molecular formula is C10H13N3O. The third-order valence-corrected chi connectivity index (χ3v) is 2.14. The molecule has 0 radical (unpaired) electrons. The predicted molar refractivity (Wildman–Crippen MR) is 52.6 cm³/mol. The number of imidazole rings is 1. The largest absolute Gasteiger partial charge is 0.472 e. The molecule has 0 aliphatic heterocycles. The monoisotopic (exact) mass is 191 g/mol. The van der Waals surface area contributed by atoms with E-state index in [1.165, 1.54) is 0 Å². The molecule has 2 aromatic rings. The Morgan fingerprint density at radius 2 is 2.43 bits per heavy atom. The molecule has 4 nitrogen and oxygen atoms in total. The maximum absolute atomic E-state index is 4.96. The van der Waals surface area contributed by atoms with Gasteiger partial charge in [0.2, 0.25) is 0 Å². The number of hydrogen-bond donors (Lipinski definition) is 2. The van der Waals surface area contributed by atoms with Gasteiger partial charge < -0.3 is 14.7 Å². The van der Waals surface area contributed by atoms with Crippen LogP contribution in [0.15, 0.2) is 29.3 Å². The van der Waals surface area contributed by atoms with E-state index in [0.717, 1.165) is 30.0 Å². The summed E-state index contributed by atoms with van der Waals surface area (Å²) in [5.74, 6) is 0. The molecule has 0 aliphatic rings. The van der Waals surface area contributed by atoms with Crippen LogP contribution in [0.5, 0.6) is 0 Å². The summed E-state index contributed by atoms with van der Waals surface area (Å²) in [6.07, 6.45) is 5.13. The number of aromatic nitrogens is 2. The third kappa shape index (κ3) is 2.03. The first-order chi connectivity index (χ1) is 6.86. The summed E-state index contributed by atoms with van der Waals surface area (Å²) in [5, 5.41) is 3.29. The van der Waals surface area contributed by atoms with Crippen LogP contribution in [-0.2, 0) is 13.1 Å². The van der Waals surface area contributed by atoms with E-state index in [0.29, 0.717) is 0 Å². The quantitative estimate of drug-likeness (QED) is 0.771. The molecule has 0 unspecified atom stereocenters. The minimum absolute atomic E-state index is 0.778. The SMILES string of the molecule is Cc1[nH]cnc1CNCc1ccoc1. The number of aryl methyl sites for hydroxylation is 1. The van der Waals surface area contributed by atoms with Gasteiger partial charge in [0, 0.05) is 24.3 Å². The highest BCUT2D eigenvalue weighted by Crippen LogP contribution is 2.02. The second kappa shape index (κ2) is 4.11. The second-order valence-electron chi connectivity index (χ2n) is 3.21. The summed E-state index contributed by atoms with van der Waals surface area (Å²) in [6.45, 7) is 3.60. The minimum Gasteiger partial charge on any atom is -0.472 e. The van der Waals surface area contributed by atoms with Crippen LogP contribution in [0.4, 0.5) is 0 Å². The maximum Gasteiger partial charge on any atom is 0.0947 e. The molecule has 0 spiro atoms. The fourth-order valence-electron chi connectivity index (χ4n) is 1.28. The summed E-state index contributed by atoms with van der Waals surface area (Å²) in [7, 11) is 0. The molecule has 0 saturated carbocycles. The molecule has 2 N–H and O–H groups in total. The van der Waals surface area contributed by atoms with E-state index in [9.17, 15) is 0 Å². The molecule has 0 saturated heterocycles. The molecule has 0 aromatic carbocycles. The van der Waals surface area contributed by atoms with E-state index >= 15 is 0 Å². The zero-order chi connectivity index (χ0) is 9.80. The van der Waals surface area contributed by atoms with E-state index in [4.69, 9.17) is 4.42 Å². The Hall–Kier alpha value is -1.55.